The van der Waals surface area contributed by atoms with Gasteiger partial charge in [0.2, 0.25) is 0 Å². The number of nitrogens with one attached hydrogen (secondary N) is 2. The van der Waals surface area contributed by atoms with Crippen LogP contribution in [0.1, 0.15) is 18.4 Å². The van der Waals surface area contributed by atoms with E-state index in [2.05, 4.69) is 20.3 Å². The van der Waals surface area contributed by atoms with E-state index in [1.165, 1.54) is 25.9 Å². The molecule has 2 aromatic rings. The van der Waals surface area contributed by atoms with Gasteiger partial charge in [-0.25, -0.2) is 9.97 Å². The van der Waals surface area contributed by atoms with Crippen molar-refractivity contribution in [3.8, 4) is 0 Å². The molecule has 2 aromatic heterocycles. The highest BCUT2D eigenvalue weighted by Crippen LogP contribution is 2.19. The van der Waals surface area contributed by atoms with Crippen LogP contribution in [0, 0.1) is 6.92 Å². The van der Waals surface area contributed by atoms with Crippen molar-refractivity contribution >= 4 is 22.6 Å². The molecule has 0 unspecified atom stereocenters. The molecule has 0 saturated carbocycles. The summed E-state index contributed by atoms with van der Waals surface area (Å²) in [6.45, 7) is 4.45. The van der Waals surface area contributed by atoms with Gasteiger partial charge in [0.1, 0.15) is 5.52 Å². The van der Waals surface area contributed by atoms with Gasteiger partial charge in [-0.2, -0.15) is 0 Å². The molecule has 2 N–H and O–H groups in total. The molecule has 3 heterocycles. The number of rotatable bonds is 0. The maximum Gasteiger partial charge on any atom is 0.154 e. The number of nitrogens with zero attached hydrogens (tertiary/aromatic N) is 2. The number of aromatic nitrogens is 3. The Morgan fingerprint density at radius 2 is 2.00 bits per heavy atom. The van der Waals surface area contributed by atoms with E-state index >= 15 is 0 Å². The van der Waals surface area contributed by atoms with Crippen LogP contribution in [0.3, 0.4) is 0 Å². The van der Waals surface area contributed by atoms with E-state index in [4.69, 9.17) is 11.6 Å². The maximum absolute atomic E-state index is 5.79. The summed E-state index contributed by atoms with van der Waals surface area (Å²) in [6, 6.07) is 0. The Bertz CT molecular complexity index is 418. The fourth-order valence-electron chi connectivity index (χ4n) is 1.65. The lowest BCUT2D eigenvalue weighted by Gasteiger charge is -1.93. The quantitative estimate of drug-likeness (QED) is 0.693. The predicted molar refractivity (Wildman–Crippen MR) is 65.7 cm³/mol. The molecule has 5 heteroatoms. The van der Waals surface area contributed by atoms with Crippen molar-refractivity contribution in [3.05, 3.63) is 23.2 Å². The molecule has 3 rings (SSSR count). The summed E-state index contributed by atoms with van der Waals surface area (Å²) < 4.78 is 0. The van der Waals surface area contributed by atoms with Crippen LogP contribution >= 0.6 is 11.6 Å². The SMILES string of the molecule is C1CCNC1.Cc1cnc(Cl)c2[nH]cnc12. The van der Waals surface area contributed by atoms with Crippen molar-refractivity contribution in [1.82, 2.24) is 20.3 Å². The minimum absolute atomic E-state index is 0.475. The van der Waals surface area contributed by atoms with Crippen molar-refractivity contribution < 1.29 is 0 Å². The number of hydrogen-bond donors (Lipinski definition) is 2. The van der Waals surface area contributed by atoms with Gasteiger partial charge in [0.05, 0.1) is 11.8 Å². The minimum atomic E-state index is 0.475. The number of imidazole rings is 1. The molecular weight excluding hydrogens is 224 g/mol. The summed E-state index contributed by atoms with van der Waals surface area (Å²) in [6.07, 6.45) is 6.11. The zero-order valence-electron chi connectivity index (χ0n) is 9.26. The predicted octanol–water partition coefficient (Wildman–Crippen LogP) is 2.29. The Morgan fingerprint density at radius 3 is 2.56 bits per heavy atom. The minimum Gasteiger partial charge on any atom is -0.342 e. The van der Waals surface area contributed by atoms with Gasteiger partial charge in [0.15, 0.2) is 5.15 Å². The van der Waals surface area contributed by atoms with Crippen LogP contribution in [0.2, 0.25) is 5.15 Å². The molecule has 86 valence electrons. The molecule has 0 atom stereocenters. The number of fused-ring (bicyclic) bond motifs is 1. The normalized spacial score (nSPS) is 14.9. The van der Waals surface area contributed by atoms with Crippen LogP contribution in [-0.4, -0.2) is 28.0 Å². The summed E-state index contributed by atoms with van der Waals surface area (Å²) >= 11 is 5.79. The number of pyridine rings is 1. The van der Waals surface area contributed by atoms with Gasteiger partial charge >= 0.3 is 0 Å². The molecule has 0 aromatic carbocycles. The summed E-state index contributed by atoms with van der Waals surface area (Å²) in [7, 11) is 0. The molecule has 4 nitrogen and oxygen atoms in total. The molecule has 0 aliphatic carbocycles. The summed E-state index contributed by atoms with van der Waals surface area (Å²) in [5.41, 5.74) is 2.74. The highest BCUT2D eigenvalue weighted by Gasteiger charge is 2.03. The van der Waals surface area contributed by atoms with E-state index in [0.29, 0.717) is 5.15 Å². The van der Waals surface area contributed by atoms with Crippen molar-refractivity contribution in [2.45, 2.75) is 19.8 Å². The molecule has 1 fully saturated rings. The third-order valence-electron chi connectivity index (χ3n) is 2.55. The third kappa shape index (κ3) is 2.51. The second kappa shape index (κ2) is 5.27. The highest BCUT2D eigenvalue weighted by atomic mass is 35.5. The van der Waals surface area contributed by atoms with Crippen molar-refractivity contribution in [1.29, 1.82) is 0 Å². The zero-order chi connectivity index (χ0) is 11.4. The Morgan fingerprint density at radius 1 is 1.25 bits per heavy atom. The molecule has 0 radical (unpaired) electrons. The molecule has 1 aliphatic heterocycles. The highest BCUT2D eigenvalue weighted by molar-refractivity contribution is 6.33. The van der Waals surface area contributed by atoms with E-state index < -0.39 is 0 Å². The van der Waals surface area contributed by atoms with Gasteiger partial charge in [-0.05, 0) is 38.4 Å². The number of halogens is 1. The van der Waals surface area contributed by atoms with E-state index in [0.717, 1.165) is 16.6 Å². The summed E-state index contributed by atoms with van der Waals surface area (Å²) in [5, 5.41) is 3.70. The van der Waals surface area contributed by atoms with Gasteiger partial charge in [0.25, 0.3) is 0 Å². The van der Waals surface area contributed by atoms with E-state index in [1.54, 1.807) is 12.5 Å². The second-order valence-electron chi connectivity index (χ2n) is 3.82. The van der Waals surface area contributed by atoms with Crippen LogP contribution in [0.4, 0.5) is 0 Å². The lowest BCUT2D eigenvalue weighted by Crippen LogP contribution is -2.03. The van der Waals surface area contributed by atoms with Crippen LogP contribution in [-0.2, 0) is 0 Å². The number of aryl methyl sites for hydroxylation is 1. The van der Waals surface area contributed by atoms with Gasteiger partial charge in [-0.15, -0.1) is 0 Å². The fourth-order valence-corrected chi connectivity index (χ4v) is 1.85. The molecule has 1 aliphatic rings. The molecular formula is C11H15ClN4. The third-order valence-corrected chi connectivity index (χ3v) is 2.83. The standard InChI is InChI=1S/C7H6ClN3.C4H9N/c1-4-2-9-7(8)6-5(4)10-3-11-6;1-2-4-5-3-1/h2-3H,1H3,(H,10,11);5H,1-4H2. The summed E-state index contributed by atoms with van der Waals surface area (Å²) in [5.74, 6) is 0. The first kappa shape index (κ1) is 11.4. The smallest absolute Gasteiger partial charge is 0.154 e. The van der Waals surface area contributed by atoms with Crippen molar-refractivity contribution in [2.24, 2.45) is 0 Å². The van der Waals surface area contributed by atoms with Crippen LogP contribution in [0.25, 0.3) is 11.0 Å². The molecule has 0 amide bonds. The first-order valence-electron chi connectivity index (χ1n) is 5.44. The van der Waals surface area contributed by atoms with Gasteiger partial charge < -0.3 is 10.3 Å². The molecule has 0 spiro atoms. The topological polar surface area (TPSA) is 53.6 Å². The Balaban J connectivity index is 0.000000162. The maximum atomic E-state index is 5.79. The molecule has 1 saturated heterocycles. The van der Waals surface area contributed by atoms with Crippen LogP contribution in [0.15, 0.2) is 12.5 Å². The van der Waals surface area contributed by atoms with E-state index in [9.17, 15) is 0 Å². The zero-order valence-corrected chi connectivity index (χ0v) is 10.0. The Hall–Kier alpha value is -1.13. The van der Waals surface area contributed by atoms with Gasteiger partial charge in [-0.3, -0.25) is 0 Å². The Kier molecular flexibility index (Phi) is 3.74. The van der Waals surface area contributed by atoms with Crippen LogP contribution in [0.5, 0.6) is 0 Å². The summed E-state index contributed by atoms with van der Waals surface area (Å²) in [4.78, 5) is 11.0. The average molecular weight is 239 g/mol. The molecule has 0 bridgehead atoms. The lowest BCUT2D eigenvalue weighted by atomic mass is 10.3. The lowest BCUT2D eigenvalue weighted by molar-refractivity contribution is 0.857. The monoisotopic (exact) mass is 238 g/mol. The van der Waals surface area contributed by atoms with Crippen LogP contribution < -0.4 is 5.32 Å². The van der Waals surface area contributed by atoms with Gasteiger partial charge in [-0.1, -0.05) is 11.6 Å². The van der Waals surface area contributed by atoms with Gasteiger partial charge in [0, 0.05) is 6.20 Å². The first-order valence-corrected chi connectivity index (χ1v) is 5.82. The number of aromatic amines is 1. The fraction of sp³-hybridized carbons (Fsp3) is 0.455. The van der Waals surface area contributed by atoms with E-state index in [-0.39, 0.29) is 0 Å². The number of H-pyrrole nitrogens is 1. The second-order valence-corrected chi connectivity index (χ2v) is 4.17. The Labute approximate surface area is 99.4 Å². The first-order chi connectivity index (χ1) is 7.79. The van der Waals surface area contributed by atoms with Crippen molar-refractivity contribution in [3.63, 3.8) is 0 Å². The molecule has 16 heavy (non-hydrogen) atoms. The van der Waals surface area contributed by atoms with Crippen molar-refractivity contribution in [2.75, 3.05) is 13.1 Å². The average Bonchev–Trinajstić information content (AvgIpc) is 2.94. The largest absolute Gasteiger partial charge is 0.342 e. The number of hydrogen-bond acceptors (Lipinski definition) is 3. The van der Waals surface area contributed by atoms with E-state index in [1.807, 2.05) is 6.92 Å².